The lowest BCUT2D eigenvalue weighted by Gasteiger charge is -2.13. The smallest absolute Gasteiger partial charge is 0.268 e. The topological polar surface area (TPSA) is 57.5 Å². The Hall–Kier alpha value is -3.25. The predicted octanol–water partition coefficient (Wildman–Crippen LogP) is 5.49. The van der Waals surface area contributed by atoms with Gasteiger partial charge in [-0.25, -0.2) is 12.4 Å². The molecule has 0 N–H and O–H groups in total. The van der Waals surface area contributed by atoms with E-state index in [2.05, 4.69) is 6.07 Å². The molecule has 1 aliphatic heterocycles. The quantitative estimate of drug-likeness (QED) is 0.417. The minimum atomic E-state index is -3.74. The number of rotatable bonds is 4. The van der Waals surface area contributed by atoms with Crippen molar-refractivity contribution < 1.29 is 17.9 Å². The zero-order chi connectivity index (χ0) is 22.0. The number of ether oxygens (including phenoxy) is 2. The summed E-state index contributed by atoms with van der Waals surface area (Å²) < 4.78 is 40.3. The molecule has 32 heavy (non-hydrogen) atoms. The van der Waals surface area contributed by atoms with E-state index in [-0.39, 0.29) is 18.6 Å². The summed E-state index contributed by atoms with van der Waals surface area (Å²) in [5.74, 6) is 1.90. The van der Waals surface area contributed by atoms with Gasteiger partial charge in [0, 0.05) is 17.0 Å². The number of benzene rings is 3. The van der Waals surface area contributed by atoms with Crippen LogP contribution in [0.4, 0.5) is 0 Å². The molecule has 0 bridgehead atoms. The molecule has 3 aromatic carbocycles. The minimum absolute atomic E-state index is 0.128. The molecule has 0 spiro atoms. The molecular formula is C26H23NO4S. The molecule has 162 valence electrons. The van der Waals surface area contributed by atoms with Crippen LogP contribution in [-0.4, -0.2) is 19.2 Å². The summed E-state index contributed by atoms with van der Waals surface area (Å²) >= 11 is 0. The van der Waals surface area contributed by atoms with Gasteiger partial charge < -0.3 is 9.47 Å². The molecule has 2 atom stereocenters. The second kappa shape index (κ2) is 6.87. The molecule has 6 heteroatoms. The number of fused-ring (bicyclic) bond motifs is 2. The van der Waals surface area contributed by atoms with Crippen molar-refractivity contribution in [3.05, 3.63) is 89.1 Å². The molecule has 0 saturated heterocycles. The Kier molecular flexibility index (Phi) is 4.17. The highest BCUT2D eigenvalue weighted by Crippen LogP contribution is 2.58. The molecule has 0 amide bonds. The van der Waals surface area contributed by atoms with E-state index in [0.29, 0.717) is 4.90 Å². The first kappa shape index (κ1) is 19.4. The van der Waals surface area contributed by atoms with Crippen molar-refractivity contribution in [2.24, 2.45) is 0 Å². The fourth-order valence-electron chi connectivity index (χ4n) is 4.90. The van der Waals surface area contributed by atoms with Gasteiger partial charge in [0.05, 0.1) is 10.4 Å². The second-order valence-electron chi connectivity index (χ2n) is 8.67. The molecule has 1 aromatic heterocycles. The van der Waals surface area contributed by atoms with E-state index < -0.39 is 10.0 Å². The third kappa shape index (κ3) is 2.86. The van der Waals surface area contributed by atoms with Gasteiger partial charge in [-0.05, 0) is 67.6 Å². The van der Waals surface area contributed by atoms with Crippen molar-refractivity contribution in [1.29, 1.82) is 0 Å². The zero-order valence-corrected chi connectivity index (χ0v) is 18.7. The highest BCUT2D eigenvalue weighted by atomic mass is 32.2. The Labute approximate surface area is 187 Å². The van der Waals surface area contributed by atoms with Crippen LogP contribution in [0.25, 0.3) is 10.9 Å². The standard InChI is InChI=1S/C26H23NO4S/c1-16-7-10-19(11-8-16)32(28,29)27-23-6-4-3-5-20(23)17(2)26(27)22-14-21(22)18-9-12-24-25(13-18)31-15-30-24/h3-13,21-22H,14-15H2,1-2H3/t21?,22-/m0/s1. The van der Waals surface area contributed by atoms with Gasteiger partial charge in [-0.15, -0.1) is 0 Å². The Morgan fingerprint density at radius 1 is 0.875 bits per heavy atom. The zero-order valence-electron chi connectivity index (χ0n) is 17.9. The maximum absolute atomic E-state index is 13.8. The molecule has 6 rings (SSSR count). The Bertz CT molecular complexity index is 1470. The lowest BCUT2D eigenvalue weighted by molar-refractivity contribution is 0.174. The van der Waals surface area contributed by atoms with Crippen LogP contribution in [0.15, 0.2) is 71.6 Å². The highest BCUT2D eigenvalue weighted by molar-refractivity contribution is 7.90. The van der Waals surface area contributed by atoms with E-state index in [1.165, 1.54) is 0 Å². The molecule has 1 aliphatic carbocycles. The normalized spacial score (nSPS) is 19.4. The molecular weight excluding hydrogens is 422 g/mol. The first-order valence-corrected chi connectivity index (χ1v) is 12.2. The maximum Gasteiger partial charge on any atom is 0.268 e. The first-order chi connectivity index (χ1) is 15.4. The summed E-state index contributed by atoms with van der Waals surface area (Å²) in [5, 5.41) is 0.981. The predicted molar refractivity (Wildman–Crippen MR) is 123 cm³/mol. The summed E-state index contributed by atoms with van der Waals surface area (Å²) in [5.41, 5.74) is 4.84. The fraction of sp³-hybridized carbons (Fsp3) is 0.231. The van der Waals surface area contributed by atoms with Crippen molar-refractivity contribution in [1.82, 2.24) is 3.97 Å². The minimum Gasteiger partial charge on any atom is -0.454 e. The van der Waals surface area contributed by atoms with Crippen molar-refractivity contribution >= 4 is 20.9 Å². The average Bonchev–Trinajstić information content (AvgIpc) is 3.32. The van der Waals surface area contributed by atoms with E-state index in [1.807, 2.05) is 62.4 Å². The highest BCUT2D eigenvalue weighted by Gasteiger charge is 2.45. The Morgan fingerprint density at radius 2 is 1.62 bits per heavy atom. The Morgan fingerprint density at radius 3 is 2.44 bits per heavy atom. The maximum atomic E-state index is 13.8. The third-order valence-corrected chi connectivity index (χ3v) is 8.40. The third-order valence-electron chi connectivity index (χ3n) is 6.66. The average molecular weight is 446 g/mol. The monoisotopic (exact) mass is 445 g/mol. The van der Waals surface area contributed by atoms with Crippen LogP contribution in [0.2, 0.25) is 0 Å². The first-order valence-electron chi connectivity index (χ1n) is 10.8. The van der Waals surface area contributed by atoms with Gasteiger partial charge >= 0.3 is 0 Å². The summed E-state index contributed by atoms with van der Waals surface area (Å²) in [6.07, 6.45) is 0.903. The summed E-state index contributed by atoms with van der Waals surface area (Å²) in [4.78, 5) is 0.311. The molecule has 4 aromatic rings. The molecule has 2 heterocycles. The van der Waals surface area contributed by atoms with E-state index in [9.17, 15) is 8.42 Å². The number of nitrogens with zero attached hydrogens (tertiary/aromatic N) is 1. The number of hydrogen-bond donors (Lipinski definition) is 0. The molecule has 2 aliphatic rings. The van der Waals surface area contributed by atoms with Gasteiger partial charge in [0.25, 0.3) is 10.0 Å². The number of hydrogen-bond acceptors (Lipinski definition) is 4. The van der Waals surface area contributed by atoms with Crippen LogP contribution < -0.4 is 9.47 Å². The lowest BCUT2D eigenvalue weighted by Crippen LogP contribution is -2.16. The molecule has 0 radical (unpaired) electrons. The van der Waals surface area contributed by atoms with Crippen molar-refractivity contribution in [3.8, 4) is 11.5 Å². The van der Waals surface area contributed by atoms with Gasteiger partial charge in [0.1, 0.15) is 0 Å². The van der Waals surface area contributed by atoms with E-state index in [1.54, 1.807) is 16.1 Å². The summed E-state index contributed by atoms with van der Waals surface area (Å²) in [6, 6.07) is 20.9. The van der Waals surface area contributed by atoms with Crippen LogP contribution in [0.5, 0.6) is 11.5 Å². The fourth-order valence-corrected chi connectivity index (χ4v) is 6.54. The van der Waals surface area contributed by atoms with Crippen LogP contribution in [-0.2, 0) is 10.0 Å². The Balaban J connectivity index is 1.49. The van der Waals surface area contributed by atoms with E-state index in [0.717, 1.165) is 51.2 Å². The molecule has 1 unspecified atom stereocenters. The largest absolute Gasteiger partial charge is 0.454 e. The van der Waals surface area contributed by atoms with Gasteiger partial charge in [0.2, 0.25) is 6.79 Å². The number of para-hydroxylation sites is 1. The second-order valence-corrected chi connectivity index (χ2v) is 10.5. The number of aryl methyl sites for hydroxylation is 2. The lowest BCUT2D eigenvalue weighted by atomic mass is 10.0. The van der Waals surface area contributed by atoms with Crippen molar-refractivity contribution in [3.63, 3.8) is 0 Å². The van der Waals surface area contributed by atoms with Crippen molar-refractivity contribution in [2.45, 2.75) is 37.0 Å². The van der Waals surface area contributed by atoms with Gasteiger partial charge in [-0.2, -0.15) is 0 Å². The van der Waals surface area contributed by atoms with Crippen molar-refractivity contribution in [2.75, 3.05) is 6.79 Å². The summed E-state index contributed by atoms with van der Waals surface area (Å²) in [6.45, 7) is 4.24. The van der Waals surface area contributed by atoms with Crippen LogP contribution in [0.3, 0.4) is 0 Å². The number of aromatic nitrogens is 1. The van der Waals surface area contributed by atoms with Crippen LogP contribution >= 0.6 is 0 Å². The molecule has 1 saturated carbocycles. The van der Waals surface area contributed by atoms with Crippen LogP contribution in [0.1, 0.15) is 40.6 Å². The van der Waals surface area contributed by atoms with Gasteiger partial charge in [0.15, 0.2) is 11.5 Å². The van der Waals surface area contributed by atoms with Crippen LogP contribution in [0, 0.1) is 13.8 Å². The van der Waals surface area contributed by atoms with Gasteiger partial charge in [-0.1, -0.05) is 42.0 Å². The molecule has 5 nitrogen and oxygen atoms in total. The van der Waals surface area contributed by atoms with E-state index >= 15 is 0 Å². The molecule has 1 fully saturated rings. The summed E-state index contributed by atoms with van der Waals surface area (Å²) in [7, 11) is -3.74. The van der Waals surface area contributed by atoms with E-state index in [4.69, 9.17) is 9.47 Å². The van der Waals surface area contributed by atoms with Gasteiger partial charge in [-0.3, -0.25) is 0 Å². The SMILES string of the molecule is Cc1ccc(S(=O)(=O)n2c([C@H]3CC3c3ccc4c(c3)OCO4)c(C)c3ccccc32)cc1.